The summed E-state index contributed by atoms with van der Waals surface area (Å²) < 4.78 is 5.69. The van der Waals surface area contributed by atoms with Crippen molar-refractivity contribution in [2.75, 3.05) is 0 Å². The van der Waals surface area contributed by atoms with Crippen LogP contribution in [0.2, 0.25) is 0 Å². The summed E-state index contributed by atoms with van der Waals surface area (Å²) in [5.41, 5.74) is 5.30. The Morgan fingerprint density at radius 2 is 1.47 bits per heavy atom. The Bertz CT molecular complexity index is 744. The first-order valence-electron chi connectivity index (χ1n) is 6.60. The van der Waals surface area contributed by atoms with Gasteiger partial charge in [0.2, 0.25) is 0 Å². The summed E-state index contributed by atoms with van der Waals surface area (Å²) >= 11 is 0. The van der Waals surface area contributed by atoms with Crippen molar-refractivity contribution < 1.29 is 4.74 Å². The van der Waals surface area contributed by atoms with Crippen LogP contribution >= 0.6 is 0 Å². The molecule has 0 aliphatic carbocycles. The Balaban J connectivity index is 2.07. The molecular weight excluding hydrogens is 232 g/mol. The molecular formula is C18H14O. The Morgan fingerprint density at radius 1 is 0.737 bits per heavy atom. The molecule has 0 spiro atoms. The van der Waals surface area contributed by atoms with Gasteiger partial charge in [-0.25, -0.2) is 0 Å². The van der Waals surface area contributed by atoms with Gasteiger partial charge in [0.1, 0.15) is 0 Å². The maximum atomic E-state index is 5.69. The first-order valence-corrected chi connectivity index (χ1v) is 6.60. The first-order chi connectivity index (χ1) is 9.43. The van der Waals surface area contributed by atoms with Gasteiger partial charge in [0.25, 0.3) is 0 Å². The van der Waals surface area contributed by atoms with Gasteiger partial charge in [-0.1, -0.05) is 54.6 Å². The van der Waals surface area contributed by atoms with Crippen molar-refractivity contribution in [1.82, 2.24) is 0 Å². The number of hydrogen-bond donors (Lipinski definition) is 0. The van der Waals surface area contributed by atoms with Gasteiger partial charge in [-0.05, 0) is 39.1 Å². The lowest BCUT2D eigenvalue weighted by molar-refractivity contribution is 0.135. The summed E-state index contributed by atoms with van der Waals surface area (Å²) in [5, 5.41) is 2.63. The van der Waals surface area contributed by atoms with E-state index in [1.807, 2.05) is 0 Å². The second-order valence-corrected chi connectivity index (χ2v) is 4.96. The summed E-state index contributed by atoms with van der Waals surface area (Å²) in [4.78, 5) is 0. The largest absolute Gasteiger partial charge is 0.372 e. The Hall–Kier alpha value is -2.12. The Kier molecular flexibility index (Phi) is 2.39. The second-order valence-electron chi connectivity index (χ2n) is 4.96. The third-order valence-electron chi connectivity index (χ3n) is 3.85. The van der Waals surface area contributed by atoms with Crippen LogP contribution in [-0.2, 0) is 18.0 Å². The number of fused-ring (bicyclic) bond motifs is 3. The van der Waals surface area contributed by atoms with E-state index in [-0.39, 0.29) is 0 Å². The normalized spacial score (nSPS) is 13.7. The molecule has 1 aliphatic heterocycles. The number of rotatable bonds is 1. The van der Waals surface area contributed by atoms with E-state index >= 15 is 0 Å². The highest BCUT2D eigenvalue weighted by molar-refractivity contribution is 5.92. The van der Waals surface area contributed by atoms with Crippen molar-refractivity contribution in [3.8, 4) is 11.1 Å². The lowest BCUT2D eigenvalue weighted by Crippen LogP contribution is -1.91. The topological polar surface area (TPSA) is 9.23 Å². The predicted molar refractivity (Wildman–Crippen MR) is 77.9 cm³/mol. The van der Waals surface area contributed by atoms with Crippen LogP contribution in [-0.4, -0.2) is 0 Å². The zero-order valence-corrected chi connectivity index (χ0v) is 10.6. The van der Waals surface area contributed by atoms with Gasteiger partial charge in [-0.2, -0.15) is 0 Å². The molecule has 1 aliphatic rings. The van der Waals surface area contributed by atoms with E-state index in [0.29, 0.717) is 0 Å². The SMILES string of the molecule is c1ccc(-c2cc3ccccc3c3c2COC3)cc1. The third kappa shape index (κ3) is 1.66. The van der Waals surface area contributed by atoms with Crippen LogP contribution in [0.1, 0.15) is 11.1 Å². The molecule has 0 bridgehead atoms. The summed E-state index contributed by atoms with van der Waals surface area (Å²) in [6.45, 7) is 1.46. The molecule has 92 valence electrons. The highest BCUT2D eigenvalue weighted by Gasteiger charge is 2.19. The third-order valence-corrected chi connectivity index (χ3v) is 3.85. The molecule has 0 saturated heterocycles. The monoisotopic (exact) mass is 246 g/mol. The van der Waals surface area contributed by atoms with Crippen LogP contribution in [0, 0.1) is 0 Å². The van der Waals surface area contributed by atoms with Crippen molar-refractivity contribution in [2.24, 2.45) is 0 Å². The molecule has 0 saturated carbocycles. The van der Waals surface area contributed by atoms with Gasteiger partial charge in [0.05, 0.1) is 13.2 Å². The average molecular weight is 246 g/mol. The first kappa shape index (κ1) is 10.8. The summed E-state index contributed by atoms with van der Waals surface area (Å²) in [7, 11) is 0. The minimum absolute atomic E-state index is 0.727. The average Bonchev–Trinajstić information content (AvgIpc) is 2.97. The van der Waals surface area contributed by atoms with Crippen LogP contribution in [0.25, 0.3) is 21.9 Å². The van der Waals surface area contributed by atoms with E-state index in [9.17, 15) is 0 Å². The molecule has 0 radical (unpaired) electrons. The zero-order valence-electron chi connectivity index (χ0n) is 10.6. The molecule has 19 heavy (non-hydrogen) atoms. The summed E-state index contributed by atoms with van der Waals surface area (Å²) in [6, 6.07) is 21.4. The van der Waals surface area contributed by atoms with Crippen molar-refractivity contribution in [1.29, 1.82) is 0 Å². The fourth-order valence-corrected chi connectivity index (χ4v) is 2.93. The molecule has 1 heterocycles. The molecule has 0 fully saturated rings. The van der Waals surface area contributed by atoms with Crippen LogP contribution in [0.4, 0.5) is 0 Å². The van der Waals surface area contributed by atoms with Gasteiger partial charge >= 0.3 is 0 Å². The van der Waals surface area contributed by atoms with Crippen molar-refractivity contribution in [3.63, 3.8) is 0 Å². The van der Waals surface area contributed by atoms with Crippen molar-refractivity contribution in [3.05, 3.63) is 71.8 Å². The van der Waals surface area contributed by atoms with Crippen LogP contribution < -0.4 is 0 Å². The minimum Gasteiger partial charge on any atom is -0.372 e. The molecule has 0 atom stereocenters. The smallest absolute Gasteiger partial charge is 0.0731 e. The van der Waals surface area contributed by atoms with E-state index in [4.69, 9.17) is 4.74 Å². The molecule has 0 unspecified atom stereocenters. The lowest BCUT2D eigenvalue weighted by Gasteiger charge is -2.11. The lowest BCUT2D eigenvalue weighted by atomic mass is 9.92. The summed E-state index contributed by atoms with van der Waals surface area (Å²) in [6.07, 6.45) is 0. The molecule has 0 amide bonds. The minimum atomic E-state index is 0.727. The van der Waals surface area contributed by atoms with E-state index < -0.39 is 0 Å². The highest BCUT2D eigenvalue weighted by Crippen LogP contribution is 2.36. The molecule has 4 rings (SSSR count). The predicted octanol–water partition coefficient (Wildman–Crippen LogP) is 4.54. The maximum absolute atomic E-state index is 5.69. The van der Waals surface area contributed by atoms with Gasteiger partial charge in [-0.3, -0.25) is 0 Å². The fraction of sp³-hybridized carbons (Fsp3) is 0.111. The summed E-state index contributed by atoms with van der Waals surface area (Å²) in [5.74, 6) is 0. The molecule has 1 nitrogen and oxygen atoms in total. The quantitative estimate of drug-likeness (QED) is 0.612. The standard InChI is InChI=1S/C18H14O/c1-2-6-13(7-3-1)16-10-14-8-4-5-9-15(14)17-11-19-12-18(16)17/h1-10H,11-12H2. The maximum Gasteiger partial charge on any atom is 0.0731 e. The van der Waals surface area contributed by atoms with E-state index in [1.54, 1.807) is 0 Å². The van der Waals surface area contributed by atoms with E-state index in [0.717, 1.165) is 13.2 Å². The van der Waals surface area contributed by atoms with Gasteiger partial charge in [0.15, 0.2) is 0 Å². The Labute approximate surface area is 112 Å². The van der Waals surface area contributed by atoms with Crippen molar-refractivity contribution >= 4 is 10.8 Å². The fourth-order valence-electron chi connectivity index (χ4n) is 2.93. The zero-order chi connectivity index (χ0) is 12.7. The van der Waals surface area contributed by atoms with Crippen LogP contribution in [0.5, 0.6) is 0 Å². The van der Waals surface area contributed by atoms with Gasteiger partial charge < -0.3 is 4.74 Å². The number of hydrogen-bond acceptors (Lipinski definition) is 1. The molecule has 0 aromatic heterocycles. The van der Waals surface area contributed by atoms with Crippen molar-refractivity contribution in [2.45, 2.75) is 13.2 Å². The van der Waals surface area contributed by atoms with E-state index in [1.165, 1.54) is 33.0 Å². The second kappa shape index (κ2) is 4.22. The number of benzene rings is 3. The van der Waals surface area contributed by atoms with Crippen LogP contribution in [0.15, 0.2) is 60.7 Å². The number of ether oxygens (including phenoxy) is 1. The van der Waals surface area contributed by atoms with E-state index in [2.05, 4.69) is 60.7 Å². The van der Waals surface area contributed by atoms with Gasteiger partial charge in [0, 0.05) is 0 Å². The molecule has 1 heteroatoms. The van der Waals surface area contributed by atoms with Gasteiger partial charge in [-0.15, -0.1) is 0 Å². The molecule has 3 aromatic carbocycles. The molecule has 0 N–H and O–H groups in total. The highest BCUT2D eigenvalue weighted by atomic mass is 16.5. The Morgan fingerprint density at radius 3 is 2.37 bits per heavy atom. The van der Waals surface area contributed by atoms with Crippen LogP contribution in [0.3, 0.4) is 0 Å². The molecule has 3 aromatic rings.